The topological polar surface area (TPSA) is 36.9 Å². The minimum absolute atomic E-state index is 0. The average molecular weight is 383 g/mol. The highest BCUT2D eigenvalue weighted by atomic mass is 127. The number of piperidine rings is 1. The standard InChI is InChI=1S/C14H29N3O.HI/c1-4-15-14(16-9-7-11-18-5-2)17-10-6-8-13(3)12-17;/h13H,4-12H2,1-3H3,(H,15,16);1H. The molecule has 4 nitrogen and oxygen atoms in total. The van der Waals surface area contributed by atoms with Crippen LogP contribution in [-0.4, -0.2) is 50.3 Å². The smallest absolute Gasteiger partial charge is 0.193 e. The van der Waals surface area contributed by atoms with Crippen molar-refractivity contribution in [1.82, 2.24) is 10.2 Å². The van der Waals surface area contributed by atoms with Crippen LogP contribution in [0, 0.1) is 5.92 Å². The van der Waals surface area contributed by atoms with Crippen molar-refractivity contribution in [2.45, 2.75) is 40.0 Å². The van der Waals surface area contributed by atoms with Gasteiger partial charge in [0.15, 0.2) is 5.96 Å². The summed E-state index contributed by atoms with van der Waals surface area (Å²) in [6.07, 6.45) is 3.64. The zero-order chi connectivity index (χ0) is 13.2. The van der Waals surface area contributed by atoms with Crippen LogP contribution in [0.4, 0.5) is 0 Å². The monoisotopic (exact) mass is 383 g/mol. The predicted octanol–water partition coefficient (Wildman–Crippen LogP) is 2.73. The number of aliphatic imine (C=N–C) groups is 1. The Morgan fingerprint density at radius 2 is 2.21 bits per heavy atom. The zero-order valence-corrected chi connectivity index (χ0v) is 15.0. The fourth-order valence-corrected chi connectivity index (χ4v) is 2.30. The van der Waals surface area contributed by atoms with E-state index in [2.05, 4.69) is 24.1 Å². The Hall–Kier alpha value is -0.0400. The summed E-state index contributed by atoms with van der Waals surface area (Å²) < 4.78 is 5.33. The first kappa shape index (κ1) is 19.0. The van der Waals surface area contributed by atoms with Gasteiger partial charge in [0.1, 0.15) is 0 Å². The van der Waals surface area contributed by atoms with Crippen molar-refractivity contribution in [3.63, 3.8) is 0 Å². The quantitative estimate of drug-likeness (QED) is 0.332. The molecule has 1 aliphatic rings. The van der Waals surface area contributed by atoms with Gasteiger partial charge in [-0.1, -0.05) is 6.92 Å². The maximum atomic E-state index is 5.33. The Bertz CT molecular complexity index is 249. The lowest BCUT2D eigenvalue weighted by atomic mass is 10.0. The number of hydrogen-bond donors (Lipinski definition) is 1. The van der Waals surface area contributed by atoms with Crippen molar-refractivity contribution in [2.24, 2.45) is 10.9 Å². The van der Waals surface area contributed by atoms with Gasteiger partial charge in [0.25, 0.3) is 0 Å². The van der Waals surface area contributed by atoms with Crippen molar-refractivity contribution < 1.29 is 4.74 Å². The molecule has 1 fully saturated rings. The summed E-state index contributed by atoms with van der Waals surface area (Å²) in [5, 5.41) is 3.40. The van der Waals surface area contributed by atoms with Crippen molar-refractivity contribution in [3.05, 3.63) is 0 Å². The van der Waals surface area contributed by atoms with Crippen LogP contribution in [0.1, 0.15) is 40.0 Å². The maximum absolute atomic E-state index is 5.33. The van der Waals surface area contributed by atoms with E-state index in [0.29, 0.717) is 0 Å². The molecule has 0 aromatic carbocycles. The van der Waals surface area contributed by atoms with Crippen LogP contribution in [-0.2, 0) is 4.74 Å². The van der Waals surface area contributed by atoms with Crippen LogP contribution in [0.2, 0.25) is 0 Å². The molecule has 0 aliphatic carbocycles. The predicted molar refractivity (Wildman–Crippen MR) is 92.5 cm³/mol. The number of rotatable bonds is 6. The molecule has 114 valence electrons. The van der Waals surface area contributed by atoms with Gasteiger partial charge in [-0.25, -0.2) is 0 Å². The molecule has 0 radical (unpaired) electrons. The molecule has 0 amide bonds. The lowest BCUT2D eigenvalue weighted by molar-refractivity contribution is 0.146. The van der Waals surface area contributed by atoms with Crippen LogP contribution >= 0.6 is 24.0 Å². The summed E-state index contributed by atoms with van der Waals surface area (Å²) in [6, 6.07) is 0. The van der Waals surface area contributed by atoms with Gasteiger partial charge in [-0.15, -0.1) is 24.0 Å². The molecular formula is C14H30IN3O. The van der Waals surface area contributed by atoms with Gasteiger partial charge < -0.3 is 15.0 Å². The number of nitrogens with one attached hydrogen (secondary N) is 1. The zero-order valence-electron chi connectivity index (χ0n) is 12.7. The molecule has 0 aromatic heterocycles. The highest BCUT2D eigenvalue weighted by Crippen LogP contribution is 2.15. The first-order chi connectivity index (χ1) is 8.77. The molecule has 1 aliphatic heterocycles. The molecule has 0 aromatic rings. The molecular weight excluding hydrogens is 353 g/mol. The molecule has 1 heterocycles. The minimum Gasteiger partial charge on any atom is -0.382 e. The normalized spacial score (nSPS) is 20.1. The van der Waals surface area contributed by atoms with E-state index in [4.69, 9.17) is 9.73 Å². The molecule has 0 saturated carbocycles. The molecule has 0 spiro atoms. The lowest BCUT2D eigenvalue weighted by Gasteiger charge is -2.33. The van der Waals surface area contributed by atoms with Crippen LogP contribution in [0.25, 0.3) is 0 Å². The molecule has 1 rings (SSSR count). The summed E-state index contributed by atoms with van der Waals surface area (Å²) in [5.74, 6) is 1.87. The third-order valence-corrected chi connectivity index (χ3v) is 3.20. The van der Waals surface area contributed by atoms with E-state index in [-0.39, 0.29) is 24.0 Å². The molecule has 1 N–H and O–H groups in total. The van der Waals surface area contributed by atoms with E-state index in [1.807, 2.05) is 6.92 Å². The van der Waals surface area contributed by atoms with Gasteiger partial charge in [0, 0.05) is 39.4 Å². The number of guanidine groups is 1. The summed E-state index contributed by atoms with van der Waals surface area (Å²) in [4.78, 5) is 7.10. The summed E-state index contributed by atoms with van der Waals surface area (Å²) in [7, 11) is 0. The van der Waals surface area contributed by atoms with E-state index in [0.717, 1.165) is 57.7 Å². The second kappa shape index (κ2) is 11.8. The average Bonchev–Trinajstić information content (AvgIpc) is 2.37. The number of halogens is 1. The SMILES string of the molecule is CCNC(=NCCCOCC)N1CCCC(C)C1.I. The Morgan fingerprint density at radius 3 is 2.84 bits per heavy atom. The Morgan fingerprint density at radius 1 is 1.42 bits per heavy atom. The van der Waals surface area contributed by atoms with Gasteiger partial charge in [0.05, 0.1) is 0 Å². The van der Waals surface area contributed by atoms with Crippen LogP contribution in [0.5, 0.6) is 0 Å². The second-order valence-electron chi connectivity index (χ2n) is 4.98. The highest BCUT2D eigenvalue weighted by molar-refractivity contribution is 14.0. The number of nitrogens with zero attached hydrogens (tertiary/aromatic N) is 2. The van der Waals surface area contributed by atoms with Crippen molar-refractivity contribution in [2.75, 3.05) is 39.4 Å². The summed E-state index contributed by atoms with van der Waals surface area (Å²) >= 11 is 0. The van der Waals surface area contributed by atoms with Gasteiger partial charge in [-0.2, -0.15) is 0 Å². The Balaban J connectivity index is 0.00000324. The summed E-state index contributed by atoms with van der Waals surface area (Å²) in [5.41, 5.74) is 0. The van der Waals surface area contributed by atoms with Gasteiger partial charge in [-0.3, -0.25) is 4.99 Å². The minimum atomic E-state index is 0. The molecule has 5 heteroatoms. The number of ether oxygens (including phenoxy) is 1. The van der Waals surface area contributed by atoms with E-state index in [9.17, 15) is 0 Å². The van der Waals surface area contributed by atoms with Gasteiger partial charge in [0.2, 0.25) is 0 Å². The maximum Gasteiger partial charge on any atom is 0.193 e. The first-order valence-corrected chi connectivity index (χ1v) is 7.38. The number of hydrogen-bond acceptors (Lipinski definition) is 2. The number of likely N-dealkylation sites (tertiary alicyclic amines) is 1. The van der Waals surface area contributed by atoms with Crippen molar-refractivity contribution in [3.8, 4) is 0 Å². The molecule has 1 saturated heterocycles. The molecule has 1 atom stereocenters. The Kier molecular flexibility index (Phi) is 11.7. The van der Waals surface area contributed by atoms with E-state index in [1.54, 1.807) is 0 Å². The van der Waals surface area contributed by atoms with E-state index in [1.165, 1.54) is 12.8 Å². The van der Waals surface area contributed by atoms with Crippen LogP contribution in [0.3, 0.4) is 0 Å². The van der Waals surface area contributed by atoms with E-state index >= 15 is 0 Å². The van der Waals surface area contributed by atoms with Crippen LogP contribution in [0.15, 0.2) is 4.99 Å². The largest absolute Gasteiger partial charge is 0.382 e. The highest BCUT2D eigenvalue weighted by Gasteiger charge is 2.18. The summed E-state index contributed by atoms with van der Waals surface area (Å²) in [6.45, 7) is 12.2. The second-order valence-corrected chi connectivity index (χ2v) is 4.98. The third kappa shape index (κ3) is 7.97. The fraction of sp³-hybridized carbons (Fsp3) is 0.929. The van der Waals surface area contributed by atoms with Crippen molar-refractivity contribution >= 4 is 29.9 Å². The lowest BCUT2D eigenvalue weighted by Crippen LogP contribution is -2.46. The third-order valence-electron chi connectivity index (χ3n) is 3.20. The Labute approximate surface area is 135 Å². The first-order valence-electron chi connectivity index (χ1n) is 7.38. The van der Waals surface area contributed by atoms with E-state index < -0.39 is 0 Å². The van der Waals surface area contributed by atoms with Crippen molar-refractivity contribution in [1.29, 1.82) is 0 Å². The van der Waals surface area contributed by atoms with Gasteiger partial charge in [-0.05, 0) is 39.0 Å². The van der Waals surface area contributed by atoms with Crippen LogP contribution < -0.4 is 5.32 Å². The fourth-order valence-electron chi connectivity index (χ4n) is 2.30. The molecule has 19 heavy (non-hydrogen) atoms. The molecule has 0 bridgehead atoms. The molecule has 1 unspecified atom stereocenters. The van der Waals surface area contributed by atoms with Gasteiger partial charge >= 0.3 is 0 Å².